The van der Waals surface area contributed by atoms with Gasteiger partial charge in [-0.25, -0.2) is 17.8 Å². The van der Waals surface area contributed by atoms with Crippen LogP contribution in [0.1, 0.15) is 24.1 Å². The first kappa shape index (κ1) is 18.8. The predicted octanol–water partition coefficient (Wildman–Crippen LogP) is 3.96. The Morgan fingerprint density at radius 1 is 1.21 bits per heavy atom. The molecule has 0 radical (unpaired) electrons. The van der Waals surface area contributed by atoms with Crippen LogP contribution in [0.3, 0.4) is 0 Å². The van der Waals surface area contributed by atoms with Crippen LogP contribution in [0.25, 0.3) is 16.6 Å². The molecule has 1 aliphatic heterocycles. The van der Waals surface area contributed by atoms with Gasteiger partial charge in [0.1, 0.15) is 11.5 Å². The lowest BCUT2D eigenvalue weighted by molar-refractivity contribution is 0.0786. The third-order valence-electron chi connectivity index (χ3n) is 4.99. The third-order valence-corrected chi connectivity index (χ3v) is 6.12. The average molecular weight is 400 g/mol. The van der Waals surface area contributed by atoms with Crippen molar-refractivity contribution in [1.82, 2.24) is 9.97 Å². The highest BCUT2D eigenvalue weighted by Crippen LogP contribution is 2.30. The minimum Gasteiger partial charge on any atom is -0.381 e. The van der Waals surface area contributed by atoms with Crippen molar-refractivity contribution in [3.05, 3.63) is 65.7 Å². The van der Waals surface area contributed by atoms with E-state index >= 15 is 0 Å². The summed E-state index contributed by atoms with van der Waals surface area (Å²) in [6, 6.07) is 10.2. The Hall–Kier alpha value is -2.51. The fourth-order valence-electron chi connectivity index (χ4n) is 3.48. The summed E-state index contributed by atoms with van der Waals surface area (Å²) in [4.78, 5) is 7.65. The Labute approximate surface area is 163 Å². The van der Waals surface area contributed by atoms with Gasteiger partial charge in [-0.2, -0.15) is 0 Å². The van der Waals surface area contributed by atoms with Crippen LogP contribution in [0.5, 0.6) is 0 Å². The molecule has 0 unspecified atom stereocenters. The van der Waals surface area contributed by atoms with Crippen molar-refractivity contribution >= 4 is 26.4 Å². The standard InChI is InChI=1S/C21H21FN2O3S/c1-28(25,26)18-4-2-15(3-5-18)19(10-14-6-8-27-9-7-14)20-12-16-11-17(22)13-23-21(16)24-20/h2-5,10-14H,6-9H2,1H3,(H,23,24)/b19-10+. The Morgan fingerprint density at radius 2 is 1.93 bits per heavy atom. The van der Waals surface area contributed by atoms with Crippen LogP contribution in [0.4, 0.5) is 4.39 Å². The molecular formula is C21H21FN2O3S. The van der Waals surface area contributed by atoms with E-state index in [2.05, 4.69) is 16.0 Å². The predicted molar refractivity (Wildman–Crippen MR) is 106 cm³/mol. The maximum absolute atomic E-state index is 13.5. The zero-order valence-electron chi connectivity index (χ0n) is 15.5. The summed E-state index contributed by atoms with van der Waals surface area (Å²) in [6.07, 6.45) is 6.43. The molecule has 28 heavy (non-hydrogen) atoms. The van der Waals surface area contributed by atoms with E-state index in [1.807, 2.05) is 6.07 Å². The van der Waals surface area contributed by atoms with Crippen molar-refractivity contribution < 1.29 is 17.5 Å². The Morgan fingerprint density at radius 3 is 2.61 bits per heavy atom. The molecule has 1 fully saturated rings. The first-order valence-corrected chi connectivity index (χ1v) is 11.0. The van der Waals surface area contributed by atoms with Crippen molar-refractivity contribution in [2.24, 2.45) is 5.92 Å². The van der Waals surface area contributed by atoms with Crippen molar-refractivity contribution in [3.8, 4) is 0 Å². The molecule has 1 N–H and O–H groups in total. The highest BCUT2D eigenvalue weighted by molar-refractivity contribution is 7.90. The largest absolute Gasteiger partial charge is 0.381 e. The number of allylic oxidation sites excluding steroid dienone is 1. The monoisotopic (exact) mass is 400 g/mol. The molecule has 0 aliphatic carbocycles. The quantitative estimate of drug-likeness (QED) is 0.719. The van der Waals surface area contributed by atoms with Crippen LogP contribution in [-0.2, 0) is 14.6 Å². The smallest absolute Gasteiger partial charge is 0.175 e. The Kier molecular flexibility index (Phi) is 5.03. The van der Waals surface area contributed by atoms with E-state index in [9.17, 15) is 12.8 Å². The number of H-pyrrole nitrogens is 1. The van der Waals surface area contributed by atoms with Gasteiger partial charge in [-0.3, -0.25) is 0 Å². The molecule has 0 spiro atoms. The molecule has 1 saturated heterocycles. The van der Waals surface area contributed by atoms with Gasteiger partial charge in [0, 0.05) is 36.1 Å². The van der Waals surface area contributed by atoms with E-state index in [-0.39, 0.29) is 10.7 Å². The number of hydrogen-bond acceptors (Lipinski definition) is 4. The number of fused-ring (bicyclic) bond motifs is 1. The number of aromatic nitrogens is 2. The molecule has 0 saturated carbocycles. The van der Waals surface area contributed by atoms with Crippen LogP contribution in [-0.4, -0.2) is 37.9 Å². The van der Waals surface area contributed by atoms with Gasteiger partial charge >= 0.3 is 0 Å². The van der Waals surface area contributed by atoms with E-state index in [1.54, 1.807) is 24.3 Å². The lowest BCUT2D eigenvalue weighted by atomic mass is 9.93. The maximum atomic E-state index is 13.5. The van der Waals surface area contributed by atoms with E-state index in [0.29, 0.717) is 17.0 Å². The fourth-order valence-corrected chi connectivity index (χ4v) is 4.11. The summed E-state index contributed by atoms with van der Waals surface area (Å²) in [5, 5.41) is 0.695. The number of aromatic amines is 1. The average Bonchev–Trinajstić information content (AvgIpc) is 3.09. The summed E-state index contributed by atoms with van der Waals surface area (Å²) in [6.45, 7) is 1.45. The summed E-state index contributed by atoms with van der Waals surface area (Å²) in [5.74, 6) is -0.0278. The molecule has 7 heteroatoms. The molecule has 1 aromatic carbocycles. The van der Waals surface area contributed by atoms with Crippen molar-refractivity contribution in [1.29, 1.82) is 0 Å². The van der Waals surface area contributed by atoms with Gasteiger partial charge in [-0.05, 0) is 48.6 Å². The van der Waals surface area contributed by atoms with Gasteiger partial charge in [0.25, 0.3) is 0 Å². The van der Waals surface area contributed by atoms with Gasteiger partial charge in [0.2, 0.25) is 0 Å². The molecular weight excluding hydrogens is 379 g/mol. The topological polar surface area (TPSA) is 72.1 Å². The van der Waals surface area contributed by atoms with Crippen LogP contribution in [0, 0.1) is 11.7 Å². The number of rotatable bonds is 4. The number of nitrogens with zero attached hydrogens (tertiary/aromatic N) is 1. The molecule has 0 atom stereocenters. The SMILES string of the molecule is CS(=O)(=O)c1ccc(/C(=C\C2CCOCC2)c2cc3cc(F)cnc3[nH]2)cc1. The maximum Gasteiger partial charge on any atom is 0.175 e. The molecule has 2 aromatic heterocycles. The molecule has 0 bridgehead atoms. The summed E-state index contributed by atoms with van der Waals surface area (Å²) in [5.41, 5.74) is 3.28. The van der Waals surface area contributed by atoms with Gasteiger partial charge in [0.15, 0.2) is 9.84 Å². The Balaban J connectivity index is 1.80. The van der Waals surface area contributed by atoms with Crippen LogP contribution in [0.2, 0.25) is 0 Å². The summed E-state index contributed by atoms with van der Waals surface area (Å²) in [7, 11) is -3.26. The zero-order valence-corrected chi connectivity index (χ0v) is 16.3. The molecule has 5 nitrogen and oxygen atoms in total. The van der Waals surface area contributed by atoms with E-state index in [0.717, 1.165) is 42.9 Å². The molecule has 0 amide bonds. The number of halogens is 1. The minimum absolute atomic E-state index is 0.280. The van der Waals surface area contributed by atoms with E-state index < -0.39 is 9.84 Å². The molecule has 3 heterocycles. The van der Waals surface area contributed by atoms with Gasteiger partial charge in [-0.1, -0.05) is 18.2 Å². The van der Waals surface area contributed by atoms with Gasteiger partial charge < -0.3 is 9.72 Å². The second-order valence-corrected chi connectivity index (χ2v) is 9.12. The van der Waals surface area contributed by atoms with Crippen molar-refractivity contribution in [2.75, 3.05) is 19.5 Å². The molecule has 4 rings (SSSR count). The second kappa shape index (κ2) is 7.48. The zero-order chi connectivity index (χ0) is 19.7. The van der Waals surface area contributed by atoms with Crippen LogP contribution >= 0.6 is 0 Å². The number of ether oxygens (including phenoxy) is 1. The highest BCUT2D eigenvalue weighted by atomic mass is 32.2. The van der Waals surface area contributed by atoms with E-state index in [4.69, 9.17) is 4.74 Å². The van der Waals surface area contributed by atoms with Gasteiger partial charge in [0.05, 0.1) is 11.1 Å². The lowest BCUT2D eigenvalue weighted by Crippen LogP contribution is -2.14. The van der Waals surface area contributed by atoms with Crippen LogP contribution in [0.15, 0.2) is 53.6 Å². The normalized spacial score (nSPS) is 16.6. The highest BCUT2D eigenvalue weighted by Gasteiger charge is 2.17. The van der Waals surface area contributed by atoms with Crippen molar-refractivity contribution in [3.63, 3.8) is 0 Å². The number of benzene rings is 1. The van der Waals surface area contributed by atoms with Crippen LogP contribution < -0.4 is 0 Å². The Bertz CT molecular complexity index is 1130. The number of sulfone groups is 1. The molecule has 1 aliphatic rings. The van der Waals surface area contributed by atoms with Crippen molar-refractivity contribution in [2.45, 2.75) is 17.7 Å². The number of nitrogens with one attached hydrogen (secondary N) is 1. The second-order valence-electron chi connectivity index (χ2n) is 7.10. The summed E-state index contributed by atoms with van der Waals surface area (Å²) < 4.78 is 42.5. The van der Waals surface area contributed by atoms with E-state index in [1.165, 1.54) is 18.5 Å². The number of hydrogen-bond donors (Lipinski definition) is 1. The van der Waals surface area contributed by atoms with Gasteiger partial charge in [-0.15, -0.1) is 0 Å². The minimum atomic E-state index is -3.26. The molecule has 3 aromatic rings. The lowest BCUT2D eigenvalue weighted by Gasteiger charge is -2.20. The first-order valence-electron chi connectivity index (χ1n) is 9.15. The fraction of sp³-hybridized carbons (Fsp3) is 0.286. The third kappa shape index (κ3) is 4.00. The molecule has 146 valence electrons. The summed E-state index contributed by atoms with van der Waals surface area (Å²) >= 11 is 0. The first-order chi connectivity index (χ1) is 13.4. The number of pyridine rings is 1.